The normalized spacial score (nSPS) is 11.3. The van der Waals surface area contributed by atoms with Crippen LogP contribution >= 0.6 is 0 Å². The molecule has 0 aromatic heterocycles. The SMILES string of the molecule is CCCOc1ccc(C(=O)Oc2ccc(/C=N/NC(=O)c3ccc(C(C)(C)C)cc3)cc2OCC)cc1. The summed E-state index contributed by atoms with van der Waals surface area (Å²) in [5.41, 5.74) is 5.29. The van der Waals surface area contributed by atoms with E-state index in [-0.39, 0.29) is 11.3 Å². The third kappa shape index (κ3) is 7.93. The Hall–Kier alpha value is -4.13. The second-order valence-electron chi connectivity index (χ2n) is 9.43. The molecule has 37 heavy (non-hydrogen) atoms. The van der Waals surface area contributed by atoms with E-state index in [9.17, 15) is 9.59 Å². The lowest BCUT2D eigenvalue weighted by molar-refractivity contribution is 0.0728. The zero-order valence-electron chi connectivity index (χ0n) is 22.0. The molecule has 0 fully saturated rings. The lowest BCUT2D eigenvalue weighted by atomic mass is 9.87. The van der Waals surface area contributed by atoms with E-state index in [0.717, 1.165) is 12.0 Å². The van der Waals surface area contributed by atoms with Crippen LogP contribution in [0, 0.1) is 0 Å². The molecule has 0 aliphatic heterocycles. The van der Waals surface area contributed by atoms with E-state index in [0.29, 0.717) is 47.2 Å². The second-order valence-corrected chi connectivity index (χ2v) is 9.43. The van der Waals surface area contributed by atoms with E-state index < -0.39 is 5.97 Å². The van der Waals surface area contributed by atoms with E-state index >= 15 is 0 Å². The quantitative estimate of drug-likeness (QED) is 0.155. The predicted molar refractivity (Wildman–Crippen MR) is 145 cm³/mol. The van der Waals surface area contributed by atoms with Gasteiger partial charge in [0.1, 0.15) is 5.75 Å². The van der Waals surface area contributed by atoms with Crippen LogP contribution in [0.1, 0.15) is 72.9 Å². The van der Waals surface area contributed by atoms with Crippen molar-refractivity contribution >= 4 is 18.1 Å². The standard InChI is InChI=1S/C30H34N2O5/c1-6-18-36-25-15-11-23(12-16-25)29(34)37-26-17-8-21(19-27(26)35-7-2)20-31-32-28(33)22-9-13-24(14-10-22)30(3,4)5/h8-17,19-20H,6-7,18H2,1-5H3,(H,32,33)/b31-20+. The molecule has 0 atom stereocenters. The predicted octanol–water partition coefficient (Wildman–Crippen LogP) is 6.15. The van der Waals surface area contributed by atoms with Crippen molar-refractivity contribution in [2.24, 2.45) is 5.10 Å². The van der Waals surface area contributed by atoms with Gasteiger partial charge < -0.3 is 14.2 Å². The third-order valence-corrected chi connectivity index (χ3v) is 5.43. The van der Waals surface area contributed by atoms with Crippen molar-refractivity contribution < 1.29 is 23.8 Å². The van der Waals surface area contributed by atoms with Gasteiger partial charge in [-0.1, -0.05) is 39.8 Å². The van der Waals surface area contributed by atoms with Crippen LogP contribution in [-0.2, 0) is 5.41 Å². The number of hydrogen-bond donors (Lipinski definition) is 1. The molecular formula is C30H34N2O5. The van der Waals surface area contributed by atoms with Crippen LogP contribution in [0.4, 0.5) is 0 Å². The highest BCUT2D eigenvalue weighted by atomic mass is 16.6. The molecule has 0 saturated carbocycles. The maximum absolute atomic E-state index is 12.6. The summed E-state index contributed by atoms with van der Waals surface area (Å²) in [6.07, 6.45) is 2.41. The monoisotopic (exact) mass is 502 g/mol. The molecule has 1 amide bonds. The van der Waals surface area contributed by atoms with Crippen molar-refractivity contribution in [3.63, 3.8) is 0 Å². The van der Waals surface area contributed by atoms with Gasteiger partial charge in [0.25, 0.3) is 5.91 Å². The number of carbonyl (C=O) groups excluding carboxylic acids is 2. The summed E-state index contributed by atoms with van der Waals surface area (Å²) in [6.45, 7) is 11.2. The first kappa shape index (κ1) is 27.5. The van der Waals surface area contributed by atoms with Crippen molar-refractivity contribution in [1.82, 2.24) is 5.43 Å². The topological polar surface area (TPSA) is 86.2 Å². The molecule has 0 radical (unpaired) electrons. The molecule has 194 valence electrons. The minimum atomic E-state index is -0.505. The number of carbonyl (C=O) groups is 2. The average molecular weight is 503 g/mol. The Balaban J connectivity index is 1.65. The summed E-state index contributed by atoms with van der Waals surface area (Å²) in [6, 6.07) is 19.3. The highest BCUT2D eigenvalue weighted by Gasteiger charge is 2.15. The summed E-state index contributed by atoms with van der Waals surface area (Å²) in [4.78, 5) is 25.1. The van der Waals surface area contributed by atoms with Crippen molar-refractivity contribution in [2.45, 2.75) is 46.5 Å². The Morgan fingerprint density at radius 2 is 1.54 bits per heavy atom. The Labute approximate surface area is 218 Å². The number of nitrogens with one attached hydrogen (secondary N) is 1. The highest BCUT2D eigenvalue weighted by Crippen LogP contribution is 2.29. The van der Waals surface area contributed by atoms with E-state index in [2.05, 4.69) is 31.3 Å². The first-order chi connectivity index (χ1) is 17.7. The molecule has 3 rings (SSSR count). The van der Waals surface area contributed by atoms with Crippen LogP contribution in [0.2, 0.25) is 0 Å². The van der Waals surface area contributed by atoms with E-state index in [1.807, 2.05) is 26.0 Å². The van der Waals surface area contributed by atoms with Gasteiger partial charge in [-0.05, 0) is 84.5 Å². The number of ether oxygens (including phenoxy) is 3. The molecule has 3 aromatic carbocycles. The molecule has 0 aliphatic carbocycles. The van der Waals surface area contributed by atoms with Gasteiger partial charge in [-0.15, -0.1) is 0 Å². The van der Waals surface area contributed by atoms with Gasteiger partial charge in [-0.25, -0.2) is 10.2 Å². The van der Waals surface area contributed by atoms with Crippen LogP contribution in [0.15, 0.2) is 71.8 Å². The van der Waals surface area contributed by atoms with Gasteiger partial charge in [0.15, 0.2) is 11.5 Å². The van der Waals surface area contributed by atoms with E-state index in [1.165, 1.54) is 6.21 Å². The first-order valence-electron chi connectivity index (χ1n) is 12.4. The Morgan fingerprint density at radius 1 is 0.865 bits per heavy atom. The summed E-state index contributed by atoms with van der Waals surface area (Å²) in [5.74, 6) is 0.573. The van der Waals surface area contributed by atoms with Gasteiger partial charge >= 0.3 is 5.97 Å². The smallest absolute Gasteiger partial charge is 0.343 e. The fraction of sp³-hybridized carbons (Fsp3) is 0.300. The van der Waals surface area contributed by atoms with Gasteiger partial charge in [0.05, 0.1) is 25.0 Å². The zero-order chi connectivity index (χ0) is 26.8. The number of benzene rings is 3. The molecule has 0 aliphatic rings. The van der Waals surface area contributed by atoms with Crippen molar-refractivity contribution in [3.05, 3.63) is 89.0 Å². The number of hydrogen-bond acceptors (Lipinski definition) is 6. The molecular weight excluding hydrogens is 468 g/mol. The number of nitrogens with zero attached hydrogens (tertiary/aromatic N) is 1. The highest BCUT2D eigenvalue weighted by molar-refractivity contribution is 5.95. The van der Waals surface area contributed by atoms with Crippen LogP contribution in [-0.4, -0.2) is 31.3 Å². The zero-order valence-corrected chi connectivity index (χ0v) is 22.0. The molecule has 3 aromatic rings. The van der Waals surface area contributed by atoms with Gasteiger partial charge in [0.2, 0.25) is 0 Å². The maximum atomic E-state index is 12.6. The minimum Gasteiger partial charge on any atom is -0.494 e. The number of rotatable bonds is 10. The fourth-order valence-corrected chi connectivity index (χ4v) is 3.38. The van der Waals surface area contributed by atoms with E-state index in [4.69, 9.17) is 14.2 Å². The maximum Gasteiger partial charge on any atom is 0.343 e. The summed E-state index contributed by atoms with van der Waals surface area (Å²) in [5, 5.41) is 4.06. The lowest BCUT2D eigenvalue weighted by Crippen LogP contribution is -2.18. The molecule has 0 bridgehead atoms. The molecule has 1 N–H and O–H groups in total. The molecule has 7 heteroatoms. The molecule has 0 heterocycles. The van der Waals surface area contributed by atoms with Crippen molar-refractivity contribution in [1.29, 1.82) is 0 Å². The van der Waals surface area contributed by atoms with Crippen LogP contribution in [0.5, 0.6) is 17.2 Å². The molecule has 7 nitrogen and oxygen atoms in total. The third-order valence-electron chi connectivity index (χ3n) is 5.43. The number of amides is 1. The summed E-state index contributed by atoms with van der Waals surface area (Å²) < 4.78 is 16.8. The van der Waals surface area contributed by atoms with Crippen molar-refractivity contribution in [3.8, 4) is 17.2 Å². The average Bonchev–Trinajstić information content (AvgIpc) is 2.88. The molecule has 0 spiro atoms. The number of esters is 1. The summed E-state index contributed by atoms with van der Waals surface area (Å²) >= 11 is 0. The van der Waals surface area contributed by atoms with Crippen LogP contribution in [0.25, 0.3) is 0 Å². The van der Waals surface area contributed by atoms with Crippen LogP contribution in [0.3, 0.4) is 0 Å². The Kier molecular flexibility index (Phi) is 9.44. The second kappa shape index (κ2) is 12.7. The van der Waals surface area contributed by atoms with Gasteiger partial charge in [-0.3, -0.25) is 4.79 Å². The van der Waals surface area contributed by atoms with Crippen LogP contribution < -0.4 is 19.6 Å². The Bertz CT molecular complexity index is 1230. The molecule has 0 unspecified atom stereocenters. The van der Waals surface area contributed by atoms with E-state index in [1.54, 1.807) is 54.6 Å². The number of hydrazone groups is 1. The molecule has 0 saturated heterocycles. The first-order valence-corrected chi connectivity index (χ1v) is 12.4. The fourth-order valence-electron chi connectivity index (χ4n) is 3.38. The largest absolute Gasteiger partial charge is 0.494 e. The van der Waals surface area contributed by atoms with Crippen molar-refractivity contribution in [2.75, 3.05) is 13.2 Å². The summed E-state index contributed by atoms with van der Waals surface area (Å²) in [7, 11) is 0. The Morgan fingerprint density at radius 3 is 2.16 bits per heavy atom. The van der Waals surface area contributed by atoms with Gasteiger partial charge in [-0.2, -0.15) is 5.10 Å². The minimum absolute atomic E-state index is 0.0136. The van der Waals surface area contributed by atoms with Gasteiger partial charge in [0, 0.05) is 5.56 Å². The lowest BCUT2D eigenvalue weighted by Gasteiger charge is -2.18.